The molecule has 4 rings (SSSR count). The van der Waals surface area contributed by atoms with Crippen molar-refractivity contribution in [2.45, 2.75) is 25.9 Å². The molecule has 3 aromatic rings. The van der Waals surface area contributed by atoms with E-state index in [0.717, 1.165) is 16.1 Å². The SMILES string of the molecule is CC(OC(=O)c1cnc(Cc2ccccc2)s1)C(=O)c1ccc2c(c1)CC(=O)N2. The summed E-state index contributed by atoms with van der Waals surface area (Å²) in [6.07, 6.45) is 1.42. The fraction of sp³-hybridized carbons (Fsp3) is 0.182. The van der Waals surface area contributed by atoms with Crippen LogP contribution in [0.2, 0.25) is 0 Å². The number of hydrogen-bond acceptors (Lipinski definition) is 6. The van der Waals surface area contributed by atoms with E-state index in [-0.39, 0.29) is 18.1 Å². The van der Waals surface area contributed by atoms with Gasteiger partial charge in [-0.25, -0.2) is 9.78 Å². The highest BCUT2D eigenvalue weighted by molar-refractivity contribution is 7.13. The number of aromatic nitrogens is 1. The quantitative estimate of drug-likeness (QED) is 0.499. The summed E-state index contributed by atoms with van der Waals surface area (Å²) in [6.45, 7) is 1.54. The number of rotatable bonds is 6. The number of hydrogen-bond donors (Lipinski definition) is 1. The summed E-state index contributed by atoms with van der Waals surface area (Å²) in [7, 11) is 0. The molecule has 0 saturated carbocycles. The van der Waals surface area contributed by atoms with Crippen LogP contribution in [0.5, 0.6) is 0 Å². The van der Waals surface area contributed by atoms with Gasteiger partial charge in [0.2, 0.25) is 11.7 Å². The molecule has 0 fully saturated rings. The summed E-state index contributed by atoms with van der Waals surface area (Å²) in [6, 6.07) is 14.8. The lowest BCUT2D eigenvalue weighted by Crippen LogP contribution is -2.24. The first-order chi connectivity index (χ1) is 14.0. The van der Waals surface area contributed by atoms with Gasteiger partial charge in [-0.15, -0.1) is 11.3 Å². The number of fused-ring (bicyclic) bond motifs is 1. The van der Waals surface area contributed by atoms with Crippen LogP contribution in [-0.4, -0.2) is 28.7 Å². The number of esters is 1. The smallest absolute Gasteiger partial charge is 0.350 e. The Morgan fingerprint density at radius 2 is 2.00 bits per heavy atom. The van der Waals surface area contributed by atoms with E-state index in [9.17, 15) is 14.4 Å². The number of ketones is 1. The van der Waals surface area contributed by atoms with Crippen molar-refractivity contribution in [2.75, 3.05) is 5.32 Å². The van der Waals surface area contributed by atoms with Crippen LogP contribution in [0, 0.1) is 0 Å². The van der Waals surface area contributed by atoms with Crippen LogP contribution in [-0.2, 0) is 22.4 Å². The van der Waals surface area contributed by atoms with Crippen molar-refractivity contribution in [2.24, 2.45) is 0 Å². The van der Waals surface area contributed by atoms with Gasteiger partial charge < -0.3 is 10.1 Å². The normalized spacial score (nSPS) is 13.5. The van der Waals surface area contributed by atoms with E-state index in [1.807, 2.05) is 30.3 Å². The molecule has 0 radical (unpaired) electrons. The molecule has 2 aromatic carbocycles. The van der Waals surface area contributed by atoms with E-state index < -0.39 is 12.1 Å². The predicted molar refractivity (Wildman–Crippen MR) is 109 cm³/mol. The van der Waals surface area contributed by atoms with Crippen molar-refractivity contribution < 1.29 is 19.1 Å². The Morgan fingerprint density at radius 3 is 2.79 bits per heavy atom. The lowest BCUT2D eigenvalue weighted by Gasteiger charge is -2.12. The van der Waals surface area contributed by atoms with E-state index in [1.165, 1.54) is 17.5 Å². The third-order valence-electron chi connectivity index (χ3n) is 4.62. The van der Waals surface area contributed by atoms with Gasteiger partial charge in [-0.2, -0.15) is 0 Å². The minimum absolute atomic E-state index is 0.0967. The average molecular weight is 406 g/mol. The van der Waals surface area contributed by atoms with Crippen LogP contribution in [0.3, 0.4) is 0 Å². The first kappa shape index (κ1) is 19.0. The first-order valence-corrected chi connectivity index (χ1v) is 9.98. The minimum atomic E-state index is -0.940. The molecule has 1 aromatic heterocycles. The Balaban J connectivity index is 1.40. The number of thiazole rings is 1. The molecule has 1 amide bonds. The Kier molecular flexibility index (Phi) is 5.22. The summed E-state index contributed by atoms with van der Waals surface area (Å²) in [5.74, 6) is -0.976. The van der Waals surface area contributed by atoms with Crippen molar-refractivity contribution in [1.82, 2.24) is 4.98 Å². The van der Waals surface area contributed by atoms with Crippen molar-refractivity contribution in [3.63, 3.8) is 0 Å². The topological polar surface area (TPSA) is 85.4 Å². The zero-order valence-corrected chi connectivity index (χ0v) is 16.5. The first-order valence-electron chi connectivity index (χ1n) is 9.16. The van der Waals surface area contributed by atoms with Gasteiger partial charge in [-0.05, 0) is 36.2 Å². The van der Waals surface area contributed by atoms with Crippen molar-refractivity contribution in [3.05, 3.63) is 81.3 Å². The van der Waals surface area contributed by atoms with Gasteiger partial charge in [0, 0.05) is 17.7 Å². The van der Waals surface area contributed by atoms with Gasteiger partial charge >= 0.3 is 5.97 Å². The molecule has 1 atom stereocenters. The Hall–Kier alpha value is -3.32. The number of carbonyl (C=O) groups is 3. The van der Waals surface area contributed by atoms with E-state index in [4.69, 9.17) is 4.74 Å². The molecule has 1 aliphatic rings. The third-order valence-corrected chi connectivity index (χ3v) is 5.60. The maximum atomic E-state index is 12.6. The minimum Gasteiger partial charge on any atom is -0.450 e. The van der Waals surface area contributed by atoms with Crippen LogP contribution in [0.1, 0.15) is 43.1 Å². The van der Waals surface area contributed by atoms with Gasteiger partial charge in [0.15, 0.2) is 6.10 Å². The number of nitrogens with zero attached hydrogens (tertiary/aromatic N) is 1. The standard InChI is InChI=1S/C22H18N2O4S/c1-13(21(26)15-7-8-17-16(10-15)11-19(25)24-17)28-22(27)18-12-23-20(29-18)9-14-5-3-2-4-6-14/h2-8,10,12-13H,9,11H2,1H3,(H,24,25). The Bertz CT molecular complexity index is 1090. The maximum Gasteiger partial charge on any atom is 0.350 e. The van der Waals surface area contributed by atoms with Gasteiger partial charge in [-0.3, -0.25) is 9.59 Å². The second kappa shape index (κ2) is 7.97. The van der Waals surface area contributed by atoms with Gasteiger partial charge in [-0.1, -0.05) is 30.3 Å². The van der Waals surface area contributed by atoms with Crippen molar-refractivity contribution >= 4 is 34.7 Å². The fourth-order valence-corrected chi connectivity index (χ4v) is 3.98. The Labute approximate surface area is 171 Å². The van der Waals surface area contributed by atoms with Gasteiger partial charge in [0.1, 0.15) is 4.88 Å². The number of benzene rings is 2. The molecule has 29 heavy (non-hydrogen) atoms. The van der Waals surface area contributed by atoms with Crippen LogP contribution in [0.25, 0.3) is 0 Å². The van der Waals surface area contributed by atoms with Crippen molar-refractivity contribution in [1.29, 1.82) is 0 Å². The van der Waals surface area contributed by atoms with E-state index in [0.29, 0.717) is 22.5 Å². The predicted octanol–water partition coefficient (Wildman–Crippen LogP) is 3.66. The number of nitrogens with one attached hydrogen (secondary N) is 1. The molecule has 2 heterocycles. The molecule has 0 aliphatic carbocycles. The third kappa shape index (κ3) is 4.25. The number of amides is 1. The average Bonchev–Trinajstić information content (AvgIpc) is 3.33. The zero-order chi connectivity index (χ0) is 20.4. The van der Waals surface area contributed by atoms with E-state index in [1.54, 1.807) is 25.1 Å². The molecule has 7 heteroatoms. The maximum absolute atomic E-state index is 12.6. The molecule has 1 N–H and O–H groups in total. The summed E-state index contributed by atoms with van der Waals surface area (Å²) in [4.78, 5) is 41.2. The molecule has 0 bridgehead atoms. The van der Waals surface area contributed by atoms with Crippen LogP contribution < -0.4 is 5.32 Å². The molecular weight excluding hydrogens is 388 g/mol. The van der Waals surface area contributed by atoms with Gasteiger partial charge in [0.05, 0.1) is 17.6 Å². The molecule has 1 unspecified atom stereocenters. The van der Waals surface area contributed by atoms with Gasteiger partial charge in [0.25, 0.3) is 0 Å². The number of carbonyl (C=O) groups excluding carboxylic acids is 3. The highest BCUT2D eigenvalue weighted by atomic mass is 32.1. The number of anilines is 1. The summed E-state index contributed by atoms with van der Waals surface area (Å²) in [5.41, 5.74) is 3.00. The van der Waals surface area contributed by atoms with Crippen LogP contribution in [0.4, 0.5) is 5.69 Å². The largest absolute Gasteiger partial charge is 0.450 e. The second-order valence-electron chi connectivity index (χ2n) is 6.79. The second-order valence-corrected chi connectivity index (χ2v) is 7.90. The lowest BCUT2D eigenvalue weighted by molar-refractivity contribution is -0.115. The van der Waals surface area contributed by atoms with Crippen LogP contribution >= 0.6 is 11.3 Å². The highest BCUT2D eigenvalue weighted by Gasteiger charge is 2.24. The molecule has 146 valence electrons. The van der Waals surface area contributed by atoms with Crippen molar-refractivity contribution in [3.8, 4) is 0 Å². The number of ether oxygens (including phenoxy) is 1. The lowest BCUT2D eigenvalue weighted by atomic mass is 10.0. The zero-order valence-electron chi connectivity index (χ0n) is 15.7. The molecule has 0 saturated heterocycles. The molecular formula is C22H18N2O4S. The summed E-state index contributed by atoms with van der Waals surface area (Å²) >= 11 is 1.26. The summed E-state index contributed by atoms with van der Waals surface area (Å²) < 4.78 is 5.36. The highest BCUT2D eigenvalue weighted by Crippen LogP contribution is 2.25. The van der Waals surface area contributed by atoms with E-state index >= 15 is 0 Å². The Morgan fingerprint density at radius 1 is 1.21 bits per heavy atom. The fourth-order valence-electron chi connectivity index (χ4n) is 3.15. The molecule has 1 aliphatic heterocycles. The number of Topliss-reactive ketones (excluding diaryl/α,β-unsaturated/α-hetero) is 1. The van der Waals surface area contributed by atoms with E-state index in [2.05, 4.69) is 10.3 Å². The van der Waals surface area contributed by atoms with Crippen LogP contribution in [0.15, 0.2) is 54.7 Å². The molecule has 0 spiro atoms. The molecule has 6 nitrogen and oxygen atoms in total. The monoisotopic (exact) mass is 406 g/mol. The summed E-state index contributed by atoms with van der Waals surface area (Å²) in [5, 5.41) is 3.53.